The third kappa shape index (κ3) is 4.30. The monoisotopic (exact) mass is 436 g/mol. The number of hydrogen-bond acceptors (Lipinski definition) is 8. The molecule has 0 saturated heterocycles. The molecule has 11 nitrogen and oxygen atoms in total. The van der Waals surface area contributed by atoms with Crippen LogP contribution in [0.4, 0.5) is 0 Å². The van der Waals surface area contributed by atoms with Crippen molar-refractivity contribution in [2.75, 3.05) is 7.11 Å². The molecule has 1 aromatic carbocycles. The summed E-state index contributed by atoms with van der Waals surface area (Å²) in [5, 5.41) is 18.6. The molecule has 3 aromatic rings. The Balaban J connectivity index is 2.31. The molecule has 158 valence electrons. The van der Waals surface area contributed by atoms with E-state index in [1.165, 1.54) is 25.5 Å². The molecular weight excluding hydrogens is 420 g/mol. The fourth-order valence-corrected chi connectivity index (χ4v) is 3.37. The highest BCUT2D eigenvalue weighted by Crippen LogP contribution is 2.23. The van der Waals surface area contributed by atoms with E-state index in [9.17, 15) is 24.3 Å². The number of rotatable bonds is 9. The van der Waals surface area contributed by atoms with E-state index in [1.807, 2.05) is 0 Å². The minimum absolute atomic E-state index is 0.00231. The predicted molar refractivity (Wildman–Crippen MR) is 103 cm³/mol. The van der Waals surface area contributed by atoms with Crippen molar-refractivity contribution in [1.82, 2.24) is 9.13 Å². The predicted octanol–water partition coefficient (Wildman–Crippen LogP) is 1.49. The van der Waals surface area contributed by atoms with Gasteiger partial charge in [0.15, 0.2) is 0 Å². The summed E-state index contributed by atoms with van der Waals surface area (Å²) in [6.07, 6.45) is 0.456. The molecule has 30 heavy (non-hydrogen) atoms. The summed E-state index contributed by atoms with van der Waals surface area (Å²) < 4.78 is 11.6. The van der Waals surface area contributed by atoms with E-state index in [4.69, 9.17) is 13.9 Å². The van der Waals surface area contributed by atoms with Crippen LogP contribution in [0.1, 0.15) is 18.2 Å². The highest BCUT2D eigenvalue weighted by atomic mass is 32.2. The van der Waals surface area contributed by atoms with Gasteiger partial charge in [-0.25, -0.2) is 19.0 Å². The summed E-state index contributed by atoms with van der Waals surface area (Å²) in [7, 11) is 1.30. The van der Waals surface area contributed by atoms with Crippen molar-refractivity contribution in [3.63, 3.8) is 0 Å². The smallest absolute Gasteiger partial charge is 0.332 e. The molecule has 1 atom stereocenters. The zero-order valence-electron chi connectivity index (χ0n) is 15.5. The number of furan rings is 1. The number of carboxylic acid groups (broad SMARTS) is 2. The maximum atomic E-state index is 13.1. The number of nitrogens with zero attached hydrogens (tertiary/aromatic N) is 2. The van der Waals surface area contributed by atoms with E-state index >= 15 is 0 Å². The molecule has 2 heterocycles. The molecule has 3 rings (SSSR count). The normalized spacial score (nSPS) is 12.2. The Kier molecular flexibility index (Phi) is 6.40. The first-order chi connectivity index (χ1) is 14.3. The lowest BCUT2D eigenvalue weighted by Gasteiger charge is -2.17. The van der Waals surface area contributed by atoms with Gasteiger partial charge in [-0.05, 0) is 30.3 Å². The maximum Gasteiger partial charge on any atom is 0.332 e. The van der Waals surface area contributed by atoms with Crippen LogP contribution in [0.2, 0.25) is 0 Å². The van der Waals surface area contributed by atoms with Gasteiger partial charge in [-0.3, -0.25) is 14.2 Å². The number of aromatic nitrogens is 2. The van der Waals surface area contributed by atoms with Crippen LogP contribution in [0.25, 0.3) is 10.9 Å². The molecule has 0 spiro atoms. The Labute approximate surface area is 172 Å². The summed E-state index contributed by atoms with van der Waals surface area (Å²) in [5.41, 5.74) is -1.68. The first kappa shape index (κ1) is 21.4. The summed E-state index contributed by atoms with van der Waals surface area (Å²) in [6.45, 7) is -0.0942. The highest BCUT2D eigenvalue weighted by molar-refractivity contribution is 7.94. The first-order valence-electron chi connectivity index (χ1n) is 8.47. The van der Waals surface area contributed by atoms with Gasteiger partial charge in [0.25, 0.3) is 5.56 Å². The van der Waals surface area contributed by atoms with E-state index in [0.29, 0.717) is 15.2 Å². The van der Waals surface area contributed by atoms with E-state index in [1.54, 1.807) is 18.2 Å². The van der Waals surface area contributed by atoms with E-state index in [-0.39, 0.29) is 17.4 Å². The third-order valence-corrected chi connectivity index (χ3v) is 4.85. The van der Waals surface area contributed by atoms with Crippen LogP contribution in [0.15, 0.2) is 55.5 Å². The molecule has 0 bridgehead atoms. The summed E-state index contributed by atoms with van der Waals surface area (Å²) >= 11 is 0.804. The lowest BCUT2D eigenvalue weighted by molar-refractivity contribution is -0.160. The van der Waals surface area contributed by atoms with E-state index < -0.39 is 35.7 Å². The lowest BCUT2D eigenvalue weighted by atomic mass is 10.2. The minimum Gasteiger partial charge on any atom is -0.481 e. The van der Waals surface area contributed by atoms with Crippen molar-refractivity contribution >= 4 is 34.9 Å². The molecule has 0 amide bonds. The van der Waals surface area contributed by atoms with Crippen LogP contribution < -0.4 is 11.2 Å². The fraction of sp³-hybridized carbons (Fsp3) is 0.222. The molecule has 0 fully saturated rings. The van der Waals surface area contributed by atoms with Gasteiger partial charge in [0.05, 0.1) is 49.3 Å². The maximum absolute atomic E-state index is 13.1. The van der Waals surface area contributed by atoms with Gasteiger partial charge < -0.3 is 14.6 Å². The zero-order chi connectivity index (χ0) is 21.8. The van der Waals surface area contributed by atoms with Crippen LogP contribution >= 0.6 is 12.0 Å². The Hall–Kier alpha value is -3.35. The average Bonchev–Trinajstić information content (AvgIpc) is 3.21. The number of benzene rings is 1. The molecular formula is C18H16N2O9S. The van der Waals surface area contributed by atoms with Crippen molar-refractivity contribution in [2.45, 2.75) is 23.9 Å². The van der Waals surface area contributed by atoms with Gasteiger partial charge in [0.1, 0.15) is 11.8 Å². The SMILES string of the molecule is COOSc1ccc2c(c1)c(=O)n([C@@H](CC(=O)O)C(=O)O)c(=O)n2Cc1ccco1. The van der Waals surface area contributed by atoms with Crippen LogP contribution in [0.3, 0.4) is 0 Å². The largest absolute Gasteiger partial charge is 0.481 e. The van der Waals surface area contributed by atoms with Crippen molar-refractivity contribution in [3.8, 4) is 0 Å². The Morgan fingerprint density at radius 3 is 2.60 bits per heavy atom. The molecule has 0 saturated carbocycles. The van der Waals surface area contributed by atoms with Crippen molar-refractivity contribution in [2.24, 2.45) is 0 Å². The lowest BCUT2D eigenvalue weighted by Crippen LogP contribution is -2.45. The summed E-state index contributed by atoms with van der Waals surface area (Å²) in [6, 6.07) is 5.81. The molecule has 2 N–H and O–H groups in total. The molecule has 0 radical (unpaired) electrons. The third-order valence-electron chi connectivity index (χ3n) is 4.20. The topological polar surface area (TPSA) is 150 Å². The Bertz CT molecular complexity index is 1200. The van der Waals surface area contributed by atoms with Gasteiger partial charge in [-0.2, -0.15) is 4.33 Å². The van der Waals surface area contributed by atoms with Gasteiger partial charge in [-0.15, -0.1) is 0 Å². The number of aliphatic carboxylic acids is 2. The summed E-state index contributed by atoms with van der Waals surface area (Å²) in [4.78, 5) is 53.9. The second-order valence-electron chi connectivity index (χ2n) is 6.07. The second-order valence-corrected chi connectivity index (χ2v) is 6.85. The standard InChI is InChI=1S/C18H16N2O9S/c1-27-29-30-11-4-5-13-12(7-11)16(23)20(14(17(24)25)8-15(21)22)18(26)19(13)9-10-3-2-6-28-10/h2-7,14H,8-9H2,1H3,(H,21,22)(H,24,25)/t14-/m0/s1. The second kappa shape index (κ2) is 8.98. The van der Waals surface area contributed by atoms with Gasteiger partial charge in [-0.1, -0.05) is 0 Å². The van der Waals surface area contributed by atoms with Gasteiger partial charge in [0, 0.05) is 4.90 Å². The highest BCUT2D eigenvalue weighted by Gasteiger charge is 2.28. The fourth-order valence-electron chi connectivity index (χ4n) is 2.94. The van der Waals surface area contributed by atoms with Crippen molar-refractivity contribution in [1.29, 1.82) is 0 Å². The Morgan fingerprint density at radius 1 is 1.23 bits per heavy atom. The molecule has 12 heteroatoms. The number of hydrogen-bond donors (Lipinski definition) is 2. The van der Waals surface area contributed by atoms with Gasteiger partial charge >= 0.3 is 17.6 Å². The van der Waals surface area contributed by atoms with E-state index in [0.717, 1.165) is 16.6 Å². The minimum atomic E-state index is -1.89. The van der Waals surface area contributed by atoms with Crippen LogP contribution in [-0.2, 0) is 25.4 Å². The van der Waals surface area contributed by atoms with Crippen molar-refractivity contribution in [3.05, 3.63) is 63.2 Å². The average molecular weight is 436 g/mol. The molecule has 0 aliphatic carbocycles. The molecule has 2 aromatic heterocycles. The van der Waals surface area contributed by atoms with Gasteiger partial charge in [0.2, 0.25) is 0 Å². The summed E-state index contributed by atoms with van der Waals surface area (Å²) in [5.74, 6) is -2.70. The number of fused-ring (bicyclic) bond motifs is 1. The van der Waals surface area contributed by atoms with Crippen molar-refractivity contribution < 1.29 is 33.4 Å². The molecule has 0 aliphatic heterocycles. The quantitative estimate of drug-likeness (QED) is 0.287. The molecule has 0 unspecified atom stereocenters. The number of carboxylic acids is 2. The van der Waals surface area contributed by atoms with Crippen LogP contribution in [0, 0.1) is 0 Å². The zero-order valence-corrected chi connectivity index (χ0v) is 16.3. The van der Waals surface area contributed by atoms with Crippen LogP contribution in [-0.4, -0.2) is 38.4 Å². The molecule has 0 aliphatic rings. The van der Waals surface area contributed by atoms with E-state index in [2.05, 4.69) is 4.89 Å². The van der Waals surface area contributed by atoms with Crippen LogP contribution in [0.5, 0.6) is 0 Å². The Morgan fingerprint density at radius 2 is 2.00 bits per heavy atom. The number of carbonyl (C=O) groups is 2. The first-order valence-corrected chi connectivity index (χ1v) is 9.21.